The van der Waals surface area contributed by atoms with Crippen LogP contribution in [0.4, 0.5) is 0 Å². The van der Waals surface area contributed by atoms with Gasteiger partial charge in [0.15, 0.2) is 11.0 Å². The zero-order chi connectivity index (χ0) is 20.6. The number of carbonyl (C=O) groups excluding carboxylic acids is 2. The maximum Gasteiger partial charge on any atom is 0.325 e. The van der Waals surface area contributed by atoms with E-state index in [-0.39, 0.29) is 24.8 Å². The third kappa shape index (κ3) is 5.71. The number of hydrogen-bond donors (Lipinski definition) is 1. The first-order valence-corrected chi connectivity index (χ1v) is 10.1. The van der Waals surface area contributed by atoms with E-state index in [0.29, 0.717) is 17.5 Å². The largest absolute Gasteiger partial charge is 0.467 e. The molecular formula is C20H22N4O4S. The van der Waals surface area contributed by atoms with E-state index in [9.17, 15) is 9.59 Å². The second-order valence-electron chi connectivity index (χ2n) is 6.21. The van der Waals surface area contributed by atoms with Crippen molar-refractivity contribution in [2.24, 2.45) is 0 Å². The zero-order valence-electron chi connectivity index (χ0n) is 16.3. The Morgan fingerprint density at radius 3 is 2.69 bits per heavy atom. The van der Waals surface area contributed by atoms with Gasteiger partial charge in [-0.3, -0.25) is 14.2 Å². The maximum atomic E-state index is 12.1. The van der Waals surface area contributed by atoms with Crippen LogP contribution >= 0.6 is 11.8 Å². The molecule has 3 aromatic rings. The molecule has 2 heterocycles. The molecule has 1 amide bonds. The molecule has 0 spiro atoms. The molecule has 0 atom stereocenters. The fraction of sp³-hybridized carbons (Fsp3) is 0.300. The summed E-state index contributed by atoms with van der Waals surface area (Å²) in [5.41, 5.74) is 2.08. The topological polar surface area (TPSA) is 99.2 Å². The van der Waals surface area contributed by atoms with Crippen molar-refractivity contribution in [3.8, 4) is 11.4 Å². The average Bonchev–Trinajstić information content (AvgIpc) is 3.36. The summed E-state index contributed by atoms with van der Waals surface area (Å²) in [6.07, 6.45) is 1.61. The summed E-state index contributed by atoms with van der Waals surface area (Å²) >= 11 is 1.24. The molecule has 9 heteroatoms. The maximum absolute atomic E-state index is 12.1. The normalized spacial score (nSPS) is 10.7. The van der Waals surface area contributed by atoms with Gasteiger partial charge in [0.1, 0.15) is 12.3 Å². The first-order chi connectivity index (χ1) is 14.1. The molecule has 29 heavy (non-hydrogen) atoms. The Hall–Kier alpha value is -3.07. The van der Waals surface area contributed by atoms with Gasteiger partial charge in [-0.05, 0) is 26.0 Å². The van der Waals surface area contributed by atoms with Crippen molar-refractivity contribution < 1.29 is 18.7 Å². The molecule has 152 valence electrons. The van der Waals surface area contributed by atoms with Crippen molar-refractivity contribution in [1.82, 2.24) is 20.1 Å². The minimum absolute atomic E-state index is 0.101. The van der Waals surface area contributed by atoms with Gasteiger partial charge in [0.2, 0.25) is 5.91 Å². The highest BCUT2D eigenvalue weighted by Crippen LogP contribution is 2.25. The second-order valence-corrected chi connectivity index (χ2v) is 7.15. The molecule has 0 saturated carbocycles. The van der Waals surface area contributed by atoms with E-state index in [0.717, 1.165) is 16.9 Å². The Bertz CT molecular complexity index is 952. The molecule has 0 aliphatic rings. The highest BCUT2D eigenvalue weighted by molar-refractivity contribution is 7.99. The van der Waals surface area contributed by atoms with Crippen LogP contribution < -0.4 is 5.32 Å². The summed E-state index contributed by atoms with van der Waals surface area (Å²) < 4.78 is 12.2. The summed E-state index contributed by atoms with van der Waals surface area (Å²) in [7, 11) is 0. The van der Waals surface area contributed by atoms with E-state index in [1.165, 1.54) is 11.8 Å². The Morgan fingerprint density at radius 1 is 1.21 bits per heavy atom. The van der Waals surface area contributed by atoms with Crippen LogP contribution in [0.15, 0.2) is 52.2 Å². The minimum atomic E-state index is -0.464. The number of thioether (sulfide) groups is 1. The quantitative estimate of drug-likeness (QED) is 0.424. The third-order valence-corrected chi connectivity index (χ3v) is 4.96. The molecule has 0 radical (unpaired) electrons. The fourth-order valence-corrected chi connectivity index (χ4v) is 3.34. The zero-order valence-corrected chi connectivity index (χ0v) is 17.1. The number of ether oxygens (including phenoxy) is 1. The van der Waals surface area contributed by atoms with Crippen LogP contribution in [0.2, 0.25) is 0 Å². The summed E-state index contributed by atoms with van der Waals surface area (Å²) in [5, 5.41) is 11.7. The number of nitrogens with one attached hydrogen (secondary N) is 1. The number of hydrogen-bond acceptors (Lipinski definition) is 7. The molecule has 3 rings (SSSR count). The molecular weight excluding hydrogens is 392 g/mol. The van der Waals surface area contributed by atoms with Gasteiger partial charge in [0.25, 0.3) is 0 Å². The first kappa shape index (κ1) is 20.7. The molecule has 2 aromatic heterocycles. The number of furan rings is 1. The van der Waals surface area contributed by atoms with Gasteiger partial charge in [0, 0.05) is 5.56 Å². The number of aromatic nitrogens is 3. The van der Waals surface area contributed by atoms with Crippen LogP contribution in [-0.4, -0.2) is 45.5 Å². The van der Waals surface area contributed by atoms with Gasteiger partial charge in [-0.15, -0.1) is 10.2 Å². The molecule has 0 aliphatic heterocycles. The Morgan fingerprint density at radius 2 is 2.00 bits per heavy atom. The van der Waals surface area contributed by atoms with Crippen molar-refractivity contribution in [3.05, 3.63) is 54.0 Å². The lowest BCUT2D eigenvalue weighted by Gasteiger charge is -2.09. The minimum Gasteiger partial charge on any atom is -0.467 e. The van der Waals surface area contributed by atoms with E-state index < -0.39 is 5.97 Å². The van der Waals surface area contributed by atoms with Crippen molar-refractivity contribution in [2.75, 3.05) is 18.9 Å². The molecule has 1 aromatic carbocycles. The SMILES string of the molecule is CCOC(=O)CNC(=O)CSc1nnc(-c2ccc(C)cc2)n1Cc1ccco1. The first-order valence-electron chi connectivity index (χ1n) is 9.14. The van der Waals surface area contributed by atoms with Gasteiger partial charge >= 0.3 is 5.97 Å². The molecule has 1 N–H and O–H groups in total. The predicted octanol–water partition coefficient (Wildman–Crippen LogP) is 2.67. The van der Waals surface area contributed by atoms with E-state index in [4.69, 9.17) is 9.15 Å². The van der Waals surface area contributed by atoms with Crippen LogP contribution in [-0.2, 0) is 20.9 Å². The molecule has 0 fully saturated rings. The second kappa shape index (κ2) is 9.92. The van der Waals surface area contributed by atoms with E-state index in [1.54, 1.807) is 13.2 Å². The van der Waals surface area contributed by atoms with Crippen molar-refractivity contribution in [3.63, 3.8) is 0 Å². The van der Waals surface area contributed by atoms with Crippen molar-refractivity contribution in [2.45, 2.75) is 25.5 Å². The lowest BCUT2D eigenvalue weighted by Crippen LogP contribution is -2.31. The van der Waals surface area contributed by atoms with Crippen LogP contribution in [0.1, 0.15) is 18.2 Å². The molecule has 8 nitrogen and oxygen atoms in total. The summed E-state index contributed by atoms with van der Waals surface area (Å²) in [4.78, 5) is 23.4. The van der Waals surface area contributed by atoms with Gasteiger partial charge in [-0.2, -0.15) is 0 Å². The number of nitrogens with zero attached hydrogens (tertiary/aromatic N) is 3. The summed E-state index contributed by atoms with van der Waals surface area (Å²) in [6.45, 7) is 4.30. The number of rotatable bonds is 9. The third-order valence-electron chi connectivity index (χ3n) is 3.99. The predicted molar refractivity (Wildman–Crippen MR) is 108 cm³/mol. The average molecular weight is 414 g/mol. The van der Waals surface area contributed by atoms with Crippen LogP contribution in [0.5, 0.6) is 0 Å². The van der Waals surface area contributed by atoms with E-state index in [1.807, 2.05) is 47.9 Å². The van der Waals surface area contributed by atoms with Crippen LogP contribution in [0.3, 0.4) is 0 Å². The van der Waals surface area contributed by atoms with Crippen molar-refractivity contribution in [1.29, 1.82) is 0 Å². The highest BCUT2D eigenvalue weighted by Gasteiger charge is 2.17. The molecule has 0 unspecified atom stereocenters. The Balaban J connectivity index is 1.73. The smallest absolute Gasteiger partial charge is 0.325 e. The summed E-state index contributed by atoms with van der Waals surface area (Å²) in [5.74, 6) is 0.799. The highest BCUT2D eigenvalue weighted by atomic mass is 32.2. The van der Waals surface area contributed by atoms with Crippen LogP contribution in [0, 0.1) is 6.92 Å². The lowest BCUT2D eigenvalue weighted by molar-refractivity contribution is -0.143. The lowest BCUT2D eigenvalue weighted by atomic mass is 10.1. The van der Waals surface area contributed by atoms with E-state index >= 15 is 0 Å². The number of benzene rings is 1. The molecule has 0 saturated heterocycles. The summed E-state index contributed by atoms with van der Waals surface area (Å²) in [6, 6.07) is 11.7. The van der Waals surface area contributed by atoms with Gasteiger partial charge < -0.3 is 14.5 Å². The van der Waals surface area contributed by atoms with Crippen LogP contribution in [0.25, 0.3) is 11.4 Å². The van der Waals surface area contributed by atoms with Gasteiger partial charge in [-0.25, -0.2) is 0 Å². The number of amides is 1. The van der Waals surface area contributed by atoms with Gasteiger partial charge in [-0.1, -0.05) is 41.6 Å². The van der Waals surface area contributed by atoms with Gasteiger partial charge in [0.05, 0.1) is 25.2 Å². The fourth-order valence-electron chi connectivity index (χ4n) is 2.58. The van der Waals surface area contributed by atoms with Crippen molar-refractivity contribution >= 4 is 23.6 Å². The molecule has 0 bridgehead atoms. The Labute approximate surface area is 172 Å². The standard InChI is InChI=1S/C20H22N4O4S/c1-3-27-18(26)11-21-17(25)13-29-20-23-22-19(15-8-6-14(2)7-9-15)24(20)12-16-5-4-10-28-16/h4-10H,3,11-13H2,1-2H3,(H,21,25). The monoisotopic (exact) mass is 414 g/mol. The number of carbonyl (C=O) groups is 2. The Kier molecular flexibility index (Phi) is 7.07. The number of esters is 1. The molecule has 0 aliphatic carbocycles. The van der Waals surface area contributed by atoms with E-state index in [2.05, 4.69) is 15.5 Å². The number of aryl methyl sites for hydroxylation is 1.